The third-order valence-corrected chi connectivity index (χ3v) is 6.28. The highest BCUT2D eigenvalue weighted by Crippen LogP contribution is 2.28. The van der Waals surface area contributed by atoms with E-state index in [9.17, 15) is 26.4 Å². The van der Waals surface area contributed by atoms with Gasteiger partial charge in [0, 0.05) is 17.8 Å². The summed E-state index contributed by atoms with van der Waals surface area (Å²) in [5.41, 5.74) is -1.02. The molecule has 3 heterocycles. The number of hydrogen-bond acceptors (Lipinski definition) is 7. The van der Waals surface area contributed by atoms with Crippen LogP contribution in [0.5, 0.6) is 5.88 Å². The molecule has 1 aliphatic rings. The normalized spacial score (nSPS) is 17.9. The molecule has 0 unspecified atom stereocenters. The number of alkyl halides is 3. The molecule has 2 aromatic heterocycles. The molecule has 1 aromatic carbocycles. The zero-order valence-corrected chi connectivity index (χ0v) is 19.4. The van der Waals surface area contributed by atoms with Crippen LogP contribution in [0.25, 0.3) is 5.82 Å². The van der Waals surface area contributed by atoms with Crippen molar-refractivity contribution in [2.24, 2.45) is 5.92 Å². The highest BCUT2D eigenvalue weighted by Gasteiger charge is 2.34. The Labute approximate surface area is 198 Å². The zero-order chi connectivity index (χ0) is 25.4. The van der Waals surface area contributed by atoms with Crippen LogP contribution in [0.1, 0.15) is 36.3 Å². The summed E-state index contributed by atoms with van der Waals surface area (Å²) >= 11 is 0. The fourth-order valence-electron chi connectivity index (χ4n) is 3.43. The van der Waals surface area contributed by atoms with Crippen LogP contribution in [0, 0.1) is 5.92 Å². The SMILES string of the molecule is CC(C)C[C@@H]1COc2cc(-n3ccc(C(F)(F)F)n3)nc(n2)NS(=O)(=O)c2cccc(c2)C(=O)N1. The van der Waals surface area contributed by atoms with Gasteiger partial charge in [0.2, 0.25) is 11.8 Å². The van der Waals surface area contributed by atoms with Gasteiger partial charge in [-0.1, -0.05) is 19.9 Å². The van der Waals surface area contributed by atoms with Gasteiger partial charge in [0.25, 0.3) is 15.9 Å². The first-order chi connectivity index (χ1) is 16.4. The number of ether oxygens (including phenoxy) is 1. The van der Waals surface area contributed by atoms with Crippen LogP contribution in [0.3, 0.4) is 0 Å². The molecular formula is C21H21F3N6O4S. The molecule has 0 aliphatic carbocycles. The molecule has 0 radical (unpaired) electrons. The first-order valence-electron chi connectivity index (χ1n) is 10.5. The molecular weight excluding hydrogens is 489 g/mol. The van der Waals surface area contributed by atoms with Gasteiger partial charge in [0.1, 0.15) is 6.61 Å². The predicted molar refractivity (Wildman–Crippen MR) is 118 cm³/mol. The van der Waals surface area contributed by atoms with Gasteiger partial charge in [-0.25, -0.2) is 17.8 Å². The van der Waals surface area contributed by atoms with Crippen LogP contribution in [0.15, 0.2) is 47.5 Å². The largest absolute Gasteiger partial charge is 0.475 e. The fourth-order valence-corrected chi connectivity index (χ4v) is 4.42. The lowest BCUT2D eigenvalue weighted by atomic mass is 10.0. The van der Waals surface area contributed by atoms with Crippen molar-refractivity contribution in [1.29, 1.82) is 0 Å². The lowest BCUT2D eigenvalue weighted by Gasteiger charge is -2.21. The molecule has 0 spiro atoms. The van der Waals surface area contributed by atoms with Crippen molar-refractivity contribution in [2.75, 3.05) is 11.3 Å². The van der Waals surface area contributed by atoms with Crippen molar-refractivity contribution < 1.29 is 31.1 Å². The summed E-state index contributed by atoms with van der Waals surface area (Å²) < 4.78 is 73.7. The molecule has 14 heteroatoms. The molecule has 2 N–H and O–H groups in total. The van der Waals surface area contributed by atoms with Gasteiger partial charge >= 0.3 is 6.18 Å². The van der Waals surface area contributed by atoms with E-state index in [1.807, 2.05) is 13.8 Å². The third kappa shape index (κ3) is 5.70. The molecule has 4 bridgehead atoms. The van der Waals surface area contributed by atoms with E-state index in [2.05, 4.69) is 25.1 Å². The Kier molecular flexibility index (Phi) is 6.40. The summed E-state index contributed by atoms with van der Waals surface area (Å²) in [6, 6.07) is 6.91. The monoisotopic (exact) mass is 510 g/mol. The Balaban J connectivity index is 1.80. The summed E-state index contributed by atoms with van der Waals surface area (Å²) in [4.78, 5) is 20.6. The summed E-state index contributed by atoms with van der Waals surface area (Å²) in [5, 5.41) is 6.30. The molecule has 1 amide bonds. The van der Waals surface area contributed by atoms with Crippen LogP contribution >= 0.6 is 0 Å². The zero-order valence-electron chi connectivity index (χ0n) is 18.6. The highest BCUT2D eigenvalue weighted by atomic mass is 32.2. The second kappa shape index (κ2) is 9.17. The van der Waals surface area contributed by atoms with Crippen LogP contribution in [0.4, 0.5) is 19.1 Å². The molecule has 3 aromatic rings. The van der Waals surface area contributed by atoms with Gasteiger partial charge in [0.05, 0.1) is 10.9 Å². The number of halogens is 3. The molecule has 186 valence electrons. The van der Waals surface area contributed by atoms with Gasteiger partial charge in [-0.15, -0.1) is 0 Å². The van der Waals surface area contributed by atoms with Crippen LogP contribution in [-0.2, 0) is 16.2 Å². The van der Waals surface area contributed by atoms with E-state index in [1.165, 1.54) is 30.3 Å². The maximum atomic E-state index is 13.0. The van der Waals surface area contributed by atoms with Crippen LogP contribution < -0.4 is 14.8 Å². The van der Waals surface area contributed by atoms with Crippen molar-refractivity contribution in [3.05, 3.63) is 53.9 Å². The lowest BCUT2D eigenvalue weighted by Crippen LogP contribution is -2.40. The Bertz CT molecular complexity index is 1360. The number of sulfonamides is 1. The van der Waals surface area contributed by atoms with E-state index in [-0.39, 0.29) is 34.7 Å². The number of nitrogens with zero attached hydrogens (tertiary/aromatic N) is 4. The number of fused-ring (bicyclic) bond motifs is 4. The molecule has 1 aliphatic heterocycles. The van der Waals surface area contributed by atoms with Gasteiger partial charge in [0.15, 0.2) is 11.5 Å². The molecule has 10 nitrogen and oxygen atoms in total. The van der Waals surface area contributed by atoms with Gasteiger partial charge in [-0.2, -0.15) is 28.2 Å². The number of benzene rings is 1. The summed E-state index contributed by atoms with van der Waals surface area (Å²) in [7, 11) is -4.25. The maximum absolute atomic E-state index is 13.0. The number of hydrogen-bond donors (Lipinski definition) is 2. The average molecular weight is 510 g/mol. The van der Waals surface area contributed by atoms with Gasteiger partial charge in [-0.3, -0.25) is 4.79 Å². The number of nitrogens with one attached hydrogen (secondary N) is 2. The van der Waals surface area contributed by atoms with Gasteiger partial charge < -0.3 is 10.1 Å². The van der Waals surface area contributed by atoms with E-state index < -0.39 is 39.8 Å². The molecule has 35 heavy (non-hydrogen) atoms. The molecule has 4 rings (SSSR count). The van der Waals surface area contributed by atoms with Gasteiger partial charge in [-0.05, 0) is 36.6 Å². The summed E-state index contributed by atoms with van der Waals surface area (Å²) in [6.07, 6.45) is -3.10. The average Bonchev–Trinajstić information content (AvgIpc) is 3.27. The summed E-state index contributed by atoms with van der Waals surface area (Å²) in [6.45, 7) is 3.89. The standard InChI is InChI=1S/C21H21F3N6O4S/c1-12(2)8-14-11-34-18-10-17(30-7-6-16(28-30)21(22,23)24)26-20(27-18)29-35(32,33)15-5-3-4-13(9-15)19(31)25-14/h3-7,9-10,12,14H,8,11H2,1-2H3,(H,25,31)(H,26,27,29)/t14-/m1/s1. The highest BCUT2D eigenvalue weighted by molar-refractivity contribution is 7.92. The number of amides is 1. The van der Waals surface area contributed by atoms with Crippen molar-refractivity contribution >= 4 is 21.9 Å². The predicted octanol–water partition coefficient (Wildman–Crippen LogP) is 3.02. The van der Waals surface area contributed by atoms with E-state index in [1.54, 1.807) is 0 Å². The Morgan fingerprint density at radius 1 is 1.20 bits per heavy atom. The lowest BCUT2D eigenvalue weighted by molar-refractivity contribution is -0.141. The number of rotatable bonds is 3. The van der Waals surface area contributed by atoms with Crippen molar-refractivity contribution in [2.45, 2.75) is 37.4 Å². The Morgan fingerprint density at radius 2 is 1.97 bits per heavy atom. The van der Waals surface area contributed by atoms with E-state index in [0.717, 1.165) is 16.9 Å². The van der Waals surface area contributed by atoms with Crippen LogP contribution in [-0.4, -0.2) is 46.7 Å². The van der Waals surface area contributed by atoms with E-state index >= 15 is 0 Å². The first kappa shape index (κ1) is 24.4. The van der Waals surface area contributed by atoms with Crippen LogP contribution in [0.2, 0.25) is 0 Å². The molecule has 0 fully saturated rings. The Hall–Kier alpha value is -3.68. The fraction of sp³-hybridized carbons (Fsp3) is 0.333. The number of aromatic nitrogens is 4. The third-order valence-electron chi connectivity index (χ3n) is 4.96. The van der Waals surface area contributed by atoms with E-state index in [4.69, 9.17) is 4.74 Å². The first-order valence-corrected chi connectivity index (χ1v) is 12.0. The molecule has 0 saturated carbocycles. The minimum absolute atomic E-state index is 0.0286. The van der Waals surface area contributed by atoms with E-state index in [0.29, 0.717) is 6.42 Å². The second-order valence-corrected chi connectivity index (χ2v) is 9.96. The topological polar surface area (TPSA) is 128 Å². The Morgan fingerprint density at radius 3 is 2.66 bits per heavy atom. The second-order valence-electron chi connectivity index (χ2n) is 8.28. The quantitative estimate of drug-likeness (QED) is 0.554. The number of anilines is 1. The molecule has 0 saturated heterocycles. The van der Waals surface area contributed by atoms with Crippen molar-refractivity contribution in [3.8, 4) is 11.7 Å². The molecule has 1 atom stereocenters. The maximum Gasteiger partial charge on any atom is 0.435 e. The minimum Gasteiger partial charge on any atom is -0.475 e. The summed E-state index contributed by atoms with van der Waals surface area (Å²) in [5.74, 6) is -1.01. The van der Waals surface area contributed by atoms with Crippen molar-refractivity contribution in [1.82, 2.24) is 25.1 Å². The smallest absolute Gasteiger partial charge is 0.435 e. The number of carbonyl (C=O) groups excluding carboxylic acids is 1. The van der Waals surface area contributed by atoms with Crippen molar-refractivity contribution in [3.63, 3.8) is 0 Å². The minimum atomic E-state index is -4.68. The number of carbonyl (C=O) groups is 1.